The van der Waals surface area contributed by atoms with Crippen molar-refractivity contribution in [2.75, 3.05) is 5.32 Å². The summed E-state index contributed by atoms with van der Waals surface area (Å²) in [7, 11) is 0. The topological polar surface area (TPSA) is 46.9 Å². The third-order valence-corrected chi connectivity index (χ3v) is 3.84. The van der Waals surface area contributed by atoms with E-state index >= 15 is 0 Å². The molecule has 1 aromatic carbocycles. The van der Waals surface area contributed by atoms with Crippen molar-refractivity contribution in [1.82, 2.24) is 9.78 Å². The van der Waals surface area contributed by atoms with Crippen LogP contribution in [-0.2, 0) is 4.79 Å². The highest BCUT2D eigenvalue weighted by Crippen LogP contribution is 2.24. The van der Waals surface area contributed by atoms with Crippen LogP contribution in [0.5, 0.6) is 0 Å². The highest BCUT2D eigenvalue weighted by Gasteiger charge is 2.16. The van der Waals surface area contributed by atoms with Gasteiger partial charge in [-0.25, -0.2) is 4.68 Å². The maximum Gasteiger partial charge on any atom is 0.224 e. The van der Waals surface area contributed by atoms with Crippen molar-refractivity contribution in [2.45, 2.75) is 41.0 Å². The molecule has 1 N–H and O–H groups in total. The smallest absolute Gasteiger partial charge is 0.224 e. The molecule has 0 aliphatic rings. The van der Waals surface area contributed by atoms with Gasteiger partial charge < -0.3 is 5.32 Å². The van der Waals surface area contributed by atoms with Gasteiger partial charge in [0, 0.05) is 12.1 Å². The first-order valence-electron chi connectivity index (χ1n) is 7.29. The van der Waals surface area contributed by atoms with Crippen LogP contribution in [0.25, 0.3) is 5.69 Å². The summed E-state index contributed by atoms with van der Waals surface area (Å²) in [5.41, 5.74) is 3.39. The van der Waals surface area contributed by atoms with Crippen molar-refractivity contribution in [3.05, 3.63) is 40.7 Å². The first kappa shape index (κ1) is 16.6. The van der Waals surface area contributed by atoms with Crippen molar-refractivity contribution in [3.63, 3.8) is 0 Å². The molecule has 2 aromatic rings. The Morgan fingerprint density at radius 1 is 1.23 bits per heavy atom. The summed E-state index contributed by atoms with van der Waals surface area (Å²) in [6.07, 6.45) is 0.488. The van der Waals surface area contributed by atoms with E-state index < -0.39 is 0 Å². The van der Waals surface area contributed by atoms with E-state index in [-0.39, 0.29) is 11.3 Å². The van der Waals surface area contributed by atoms with Gasteiger partial charge in [0.25, 0.3) is 0 Å². The monoisotopic (exact) mass is 319 g/mol. The van der Waals surface area contributed by atoms with E-state index in [9.17, 15) is 4.79 Å². The average Bonchev–Trinajstić information content (AvgIpc) is 2.65. The molecule has 0 aliphatic heterocycles. The second-order valence-electron chi connectivity index (χ2n) is 6.73. The predicted molar refractivity (Wildman–Crippen MR) is 90.7 cm³/mol. The van der Waals surface area contributed by atoms with Crippen LogP contribution in [0, 0.1) is 19.3 Å². The van der Waals surface area contributed by atoms with Crippen LogP contribution in [0.15, 0.2) is 24.3 Å². The summed E-state index contributed by atoms with van der Waals surface area (Å²) in [6, 6.07) is 7.59. The number of hydrogen-bond acceptors (Lipinski definition) is 2. The number of anilines is 1. The quantitative estimate of drug-likeness (QED) is 0.904. The van der Waals surface area contributed by atoms with Crippen molar-refractivity contribution in [3.8, 4) is 5.69 Å². The third-order valence-electron chi connectivity index (χ3n) is 3.29. The lowest BCUT2D eigenvalue weighted by Gasteiger charge is -2.17. The molecule has 1 amide bonds. The molecule has 0 atom stereocenters. The van der Waals surface area contributed by atoms with Crippen LogP contribution in [0.1, 0.15) is 38.6 Å². The Morgan fingerprint density at radius 2 is 1.82 bits per heavy atom. The maximum atomic E-state index is 11.9. The molecule has 118 valence electrons. The van der Waals surface area contributed by atoms with Gasteiger partial charge in [0.1, 0.15) is 0 Å². The third kappa shape index (κ3) is 3.89. The zero-order chi connectivity index (χ0) is 16.5. The van der Waals surface area contributed by atoms with Crippen LogP contribution in [0.2, 0.25) is 5.02 Å². The standard InChI is InChI=1S/C17H22ClN3O/c1-11-16(18)12(2)21(20-11)14-8-6-13(7-9-14)19-15(22)10-17(3,4)5/h6-9H,10H2,1-5H3,(H,19,22). The maximum absolute atomic E-state index is 11.9. The zero-order valence-electron chi connectivity index (χ0n) is 13.7. The Balaban J connectivity index is 2.14. The van der Waals surface area contributed by atoms with Gasteiger partial charge >= 0.3 is 0 Å². The number of halogens is 1. The van der Waals surface area contributed by atoms with E-state index in [1.807, 2.05) is 58.9 Å². The number of hydrogen-bond donors (Lipinski definition) is 1. The van der Waals surface area contributed by atoms with E-state index in [4.69, 9.17) is 11.6 Å². The summed E-state index contributed by atoms with van der Waals surface area (Å²) in [4.78, 5) is 11.9. The Morgan fingerprint density at radius 3 is 2.27 bits per heavy atom. The van der Waals surface area contributed by atoms with Gasteiger partial charge in [-0.15, -0.1) is 0 Å². The van der Waals surface area contributed by atoms with Crippen molar-refractivity contribution >= 4 is 23.2 Å². The molecule has 4 nitrogen and oxygen atoms in total. The van der Waals surface area contributed by atoms with Crippen molar-refractivity contribution in [2.24, 2.45) is 5.41 Å². The lowest BCUT2D eigenvalue weighted by Crippen LogP contribution is -2.19. The molecule has 0 fully saturated rings. The molecule has 0 aliphatic carbocycles. The lowest BCUT2D eigenvalue weighted by molar-refractivity contribution is -0.117. The number of rotatable bonds is 3. The fraction of sp³-hybridized carbons (Fsp3) is 0.412. The fourth-order valence-electron chi connectivity index (χ4n) is 2.25. The minimum absolute atomic E-state index is 0.0226. The number of nitrogens with one attached hydrogen (secondary N) is 1. The molecule has 0 spiro atoms. The van der Waals surface area contributed by atoms with Gasteiger partial charge in [0.05, 0.1) is 22.1 Å². The number of nitrogens with zero attached hydrogens (tertiary/aromatic N) is 2. The summed E-state index contributed by atoms with van der Waals surface area (Å²) < 4.78 is 1.80. The second kappa shape index (κ2) is 6.13. The molecule has 2 rings (SSSR count). The lowest BCUT2D eigenvalue weighted by atomic mass is 9.92. The molecule has 0 unspecified atom stereocenters. The van der Waals surface area contributed by atoms with E-state index in [0.717, 1.165) is 22.8 Å². The number of aryl methyl sites for hydroxylation is 1. The van der Waals surface area contributed by atoms with Crippen molar-refractivity contribution in [1.29, 1.82) is 0 Å². The molecule has 5 heteroatoms. The molecule has 22 heavy (non-hydrogen) atoms. The van der Waals surface area contributed by atoms with Gasteiger partial charge in [-0.2, -0.15) is 5.10 Å². The Kier molecular flexibility index (Phi) is 4.61. The normalized spacial score (nSPS) is 11.5. The van der Waals surface area contributed by atoms with Crippen LogP contribution in [0.4, 0.5) is 5.69 Å². The zero-order valence-corrected chi connectivity index (χ0v) is 14.5. The first-order chi connectivity index (χ1) is 10.2. The summed E-state index contributed by atoms with van der Waals surface area (Å²) >= 11 is 6.17. The molecule has 1 heterocycles. The fourth-order valence-corrected chi connectivity index (χ4v) is 2.37. The van der Waals surface area contributed by atoms with Crippen molar-refractivity contribution < 1.29 is 4.79 Å². The summed E-state index contributed by atoms with van der Waals surface area (Å²) in [5, 5.41) is 8.01. The van der Waals surface area contributed by atoms with Gasteiger partial charge in [-0.3, -0.25) is 4.79 Å². The van der Waals surface area contributed by atoms with E-state index in [1.165, 1.54) is 0 Å². The van der Waals surface area contributed by atoms with E-state index in [2.05, 4.69) is 10.4 Å². The van der Waals surface area contributed by atoms with Gasteiger partial charge in [0.2, 0.25) is 5.91 Å². The predicted octanol–water partition coefficient (Wildman–Crippen LogP) is 4.52. The summed E-state index contributed by atoms with van der Waals surface area (Å²) in [6.45, 7) is 9.95. The Bertz CT molecular complexity index is 681. The van der Waals surface area contributed by atoms with E-state index in [0.29, 0.717) is 11.4 Å². The minimum atomic E-state index is -0.0233. The number of aromatic nitrogens is 2. The van der Waals surface area contributed by atoms with Crippen LogP contribution < -0.4 is 5.32 Å². The van der Waals surface area contributed by atoms with Gasteiger partial charge in [0.15, 0.2) is 0 Å². The molecule has 0 saturated carbocycles. The second-order valence-corrected chi connectivity index (χ2v) is 7.11. The van der Waals surface area contributed by atoms with Gasteiger partial charge in [-0.05, 0) is 43.5 Å². The molecule has 0 radical (unpaired) electrons. The Labute approximate surface area is 136 Å². The number of carbonyl (C=O) groups excluding carboxylic acids is 1. The van der Waals surface area contributed by atoms with Crippen LogP contribution in [-0.4, -0.2) is 15.7 Å². The minimum Gasteiger partial charge on any atom is -0.326 e. The Hall–Kier alpha value is -1.81. The largest absolute Gasteiger partial charge is 0.326 e. The van der Waals surface area contributed by atoms with E-state index in [1.54, 1.807) is 4.68 Å². The first-order valence-corrected chi connectivity index (χ1v) is 7.67. The molecule has 0 saturated heterocycles. The average molecular weight is 320 g/mol. The molecular formula is C17H22ClN3O. The molecule has 0 bridgehead atoms. The SMILES string of the molecule is Cc1nn(-c2ccc(NC(=O)CC(C)(C)C)cc2)c(C)c1Cl. The number of amides is 1. The van der Waals surface area contributed by atoms with Gasteiger partial charge in [-0.1, -0.05) is 32.4 Å². The molecular weight excluding hydrogens is 298 g/mol. The molecule has 1 aromatic heterocycles. The van der Waals surface area contributed by atoms with Crippen LogP contribution in [0.3, 0.4) is 0 Å². The number of benzene rings is 1. The highest BCUT2D eigenvalue weighted by atomic mass is 35.5. The highest BCUT2D eigenvalue weighted by molar-refractivity contribution is 6.31. The number of carbonyl (C=O) groups is 1. The van der Waals surface area contributed by atoms with Crippen LogP contribution >= 0.6 is 11.6 Å². The summed E-state index contributed by atoms with van der Waals surface area (Å²) in [5.74, 6) is 0.0226.